The monoisotopic (exact) mass is 210 g/mol. The predicted octanol–water partition coefficient (Wildman–Crippen LogP) is 0.106. The maximum absolute atomic E-state index is 9.67. The molecule has 4 heteroatoms. The minimum absolute atomic E-state index is 0.0522. The van der Waals surface area contributed by atoms with Crippen LogP contribution >= 0.6 is 0 Å². The van der Waals surface area contributed by atoms with E-state index in [-0.39, 0.29) is 6.54 Å². The third-order valence-electron chi connectivity index (χ3n) is 2.36. The van der Waals surface area contributed by atoms with Crippen LogP contribution in [0.2, 0.25) is 0 Å². The lowest BCUT2D eigenvalue weighted by molar-refractivity contribution is 0.0243. The lowest BCUT2D eigenvalue weighted by Crippen LogP contribution is -2.27. The standard InChI is InChI=1S/C11H18N2O2/c1-13(2)9-5-3-8(4-6-9)11(15)10(14)7-12/h3-6,10-11,14-15H,7,12H2,1-2H3. The molecule has 0 saturated heterocycles. The fourth-order valence-corrected chi connectivity index (χ4v) is 1.32. The molecule has 15 heavy (non-hydrogen) atoms. The molecule has 0 aliphatic carbocycles. The molecule has 84 valence electrons. The molecule has 0 fully saturated rings. The molecule has 0 saturated carbocycles. The molecule has 2 atom stereocenters. The largest absolute Gasteiger partial charge is 0.389 e. The number of nitrogens with two attached hydrogens (primary N) is 1. The molecule has 0 amide bonds. The van der Waals surface area contributed by atoms with Crippen LogP contribution in [0.5, 0.6) is 0 Å². The Hall–Kier alpha value is -1.10. The van der Waals surface area contributed by atoms with Crippen LogP contribution in [0.3, 0.4) is 0 Å². The molecule has 0 aliphatic heterocycles. The summed E-state index contributed by atoms with van der Waals surface area (Å²) >= 11 is 0. The number of anilines is 1. The molecule has 4 nitrogen and oxygen atoms in total. The van der Waals surface area contributed by atoms with Gasteiger partial charge in [-0.25, -0.2) is 0 Å². The van der Waals surface area contributed by atoms with Crippen molar-refractivity contribution in [3.8, 4) is 0 Å². The first-order chi connectivity index (χ1) is 7.06. The molecule has 0 aliphatic rings. The summed E-state index contributed by atoms with van der Waals surface area (Å²) < 4.78 is 0. The van der Waals surface area contributed by atoms with Gasteiger partial charge in [-0.3, -0.25) is 0 Å². The van der Waals surface area contributed by atoms with Crippen LogP contribution < -0.4 is 10.6 Å². The summed E-state index contributed by atoms with van der Waals surface area (Å²) in [4.78, 5) is 1.97. The molecular formula is C11H18N2O2. The highest BCUT2D eigenvalue weighted by molar-refractivity contribution is 5.46. The first kappa shape index (κ1) is 12.0. The SMILES string of the molecule is CN(C)c1ccc(C(O)C(O)CN)cc1. The van der Waals surface area contributed by atoms with Gasteiger partial charge in [-0.1, -0.05) is 12.1 Å². The number of nitrogens with zero attached hydrogens (tertiary/aromatic N) is 1. The lowest BCUT2D eigenvalue weighted by Gasteiger charge is -2.18. The molecule has 1 rings (SSSR count). The number of aliphatic hydroxyl groups excluding tert-OH is 2. The second-order valence-electron chi connectivity index (χ2n) is 3.73. The van der Waals surface area contributed by atoms with Gasteiger partial charge in [0.1, 0.15) is 6.10 Å². The smallest absolute Gasteiger partial charge is 0.106 e. The molecule has 1 aromatic rings. The summed E-state index contributed by atoms with van der Waals surface area (Å²) in [5, 5.41) is 19.0. The Balaban J connectivity index is 2.79. The topological polar surface area (TPSA) is 69.7 Å². The van der Waals surface area contributed by atoms with Crippen LogP contribution in [0.4, 0.5) is 5.69 Å². The zero-order chi connectivity index (χ0) is 11.4. The average Bonchev–Trinajstić information content (AvgIpc) is 2.27. The summed E-state index contributed by atoms with van der Waals surface area (Å²) in [5.41, 5.74) is 7.00. The maximum atomic E-state index is 9.67. The van der Waals surface area contributed by atoms with Gasteiger partial charge in [0.15, 0.2) is 0 Å². The highest BCUT2D eigenvalue weighted by Crippen LogP contribution is 2.19. The van der Waals surface area contributed by atoms with E-state index in [2.05, 4.69) is 0 Å². The van der Waals surface area contributed by atoms with Crippen LogP contribution in [0.1, 0.15) is 11.7 Å². The van der Waals surface area contributed by atoms with Gasteiger partial charge in [-0.05, 0) is 17.7 Å². The van der Waals surface area contributed by atoms with Crippen LogP contribution in [-0.4, -0.2) is 37.0 Å². The van der Waals surface area contributed by atoms with E-state index in [0.29, 0.717) is 5.56 Å². The minimum Gasteiger partial charge on any atom is -0.389 e. The van der Waals surface area contributed by atoms with E-state index < -0.39 is 12.2 Å². The molecule has 4 N–H and O–H groups in total. The number of hydrogen-bond acceptors (Lipinski definition) is 4. The Morgan fingerprint density at radius 1 is 1.20 bits per heavy atom. The Bertz CT molecular complexity index is 298. The van der Waals surface area contributed by atoms with E-state index >= 15 is 0 Å². The lowest BCUT2D eigenvalue weighted by atomic mass is 10.0. The van der Waals surface area contributed by atoms with Crippen molar-refractivity contribution in [1.29, 1.82) is 0 Å². The zero-order valence-electron chi connectivity index (χ0n) is 9.09. The van der Waals surface area contributed by atoms with Crippen LogP contribution in [0.15, 0.2) is 24.3 Å². The summed E-state index contributed by atoms with van der Waals surface area (Å²) in [6.07, 6.45) is -1.82. The second-order valence-corrected chi connectivity index (χ2v) is 3.73. The average molecular weight is 210 g/mol. The first-order valence-corrected chi connectivity index (χ1v) is 4.89. The molecule has 2 unspecified atom stereocenters. The molecule has 0 radical (unpaired) electrons. The van der Waals surface area contributed by atoms with Crippen molar-refractivity contribution < 1.29 is 10.2 Å². The van der Waals surface area contributed by atoms with Gasteiger partial charge in [-0.15, -0.1) is 0 Å². The second kappa shape index (κ2) is 5.11. The van der Waals surface area contributed by atoms with Crippen LogP contribution in [0, 0.1) is 0 Å². The fraction of sp³-hybridized carbons (Fsp3) is 0.455. The van der Waals surface area contributed by atoms with E-state index in [1.807, 2.05) is 31.1 Å². The van der Waals surface area contributed by atoms with E-state index in [4.69, 9.17) is 5.73 Å². The van der Waals surface area contributed by atoms with Crippen molar-refractivity contribution in [2.75, 3.05) is 25.5 Å². The molecule has 0 aromatic heterocycles. The van der Waals surface area contributed by atoms with Crippen LogP contribution in [0.25, 0.3) is 0 Å². The third kappa shape index (κ3) is 2.92. The van der Waals surface area contributed by atoms with Gasteiger partial charge in [0, 0.05) is 26.3 Å². The summed E-state index contributed by atoms with van der Waals surface area (Å²) in [5.74, 6) is 0. The van der Waals surface area contributed by atoms with Gasteiger partial charge in [0.25, 0.3) is 0 Å². The quantitative estimate of drug-likeness (QED) is 0.659. The van der Waals surface area contributed by atoms with Gasteiger partial charge in [0.05, 0.1) is 6.10 Å². The van der Waals surface area contributed by atoms with Gasteiger partial charge in [0.2, 0.25) is 0 Å². The maximum Gasteiger partial charge on any atom is 0.106 e. The molecule has 0 bridgehead atoms. The van der Waals surface area contributed by atoms with Gasteiger partial charge < -0.3 is 20.8 Å². The van der Waals surface area contributed by atoms with Crippen molar-refractivity contribution in [2.45, 2.75) is 12.2 Å². The Morgan fingerprint density at radius 3 is 2.13 bits per heavy atom. The predicted molar refractivity (Wildman–Crippen MR) is 60.8 cm³/mol. The molecule has 0 heterocycles. The molecular weight excluding hydrogens is 192 g/mol. The first-order valence-electron chi connectivity index (χ1n) is 4.89. The summed E-state index contributed by atoms with van der Waals surface area (Å²) in [6, 6.07) is 7.36. The highest BCUT2D eigenvalue weighted by atomic mass is 16.3. The van der Waals surface area contributed by atoms with Gasteiger partial charge >= 0.3 is 0 Å². The fourth-order valence-electron chi connectivity index (χ4n) is 1.32. The zero-order valence-corrected chi connectivity index (χ0v) is 9.09. The Morgan fingerprint density at radius 2 is 1.73 bits per heavy atom. The minimum atomic E-state index is -0.911. The number of benzene rings is 1. The highest BCUT2D eigenvalue weighted by Gasteiger charge is 2.16. The van der Waals surface area contributed by atoms with Crippen molar-refractivity contribution in [3.63, 3.8) is 0 Å². The number of rotatable bonds is 4. The molecule has 1 aromatic carbocycles. The van der Waals surface area contributed by atoms with Crippen LogP contribution in [-0.2, 0) is 0 Å². The Kier molecular flexibility index (Phi) is 4.08. The number of hydrogen-bond donors (Lipinski definition) is 3. The normalized spacial score (nSPS) is 14.7. The van der Waals surface area contributed by atoms with E-state index in [9.17, 15) is 10.2 Å². The summed E-state index contributed by atoms with van der Waals surface area (Å²) in [7, 11) is 3.89. The van der Waals surface area contributed by atoms with Crippen molar-refractivity contribution in [1.82, 2.24) is 0 Å². The van der Waals surface area contributed by atoms with Crippen molar-refractivity contribution in [2.24, 2.45) is 5.73 Å². The molecule has 0 spiro atoms. The van der Waals surface area contributed by atoms with Crippen molar-refractivity contribution in [3.05, 3.63) is 29.8 Å². The van der Waals surface area contributed by atoms with Gasteiger partial charge in [-0.2, -0.15) is 0 Å². The van der Waals surface area contributed by atoms with E-state index in [1.54, 1.807) is 12.1 Å². The van der Waals surface area contributed by atoms with Crippen molar-refractivity contribution >= 4 is 5.69 Å². The van der Waals surface area contributed by atoms with E-state index in [1.165, 1.54) is 0 Å². The number of aliphatic hydroxyl groups is 2. The van der Waals surface area contributed by atoms with E-state index in [0.717, 1.165) is 5.69 Å². The summed E-state index contributed by atoms with van der Waals surface area (Å²) in [6.45, 7) is 0.0522. The Labute approximate surface area is 89.9 Å². The third-order valence-corrected chi connectivity index (χ3v) is 2.36.